The Morgan fingerprint density at radius 3 is 2.44 bits per heavy atom. The average molecular weight is 498 g/mol. The van der Waals surface area contributed by atoms with Crippen molar-refractivity contribution in [3.63, 3.8) is 0 Å². The number of carbonyl (C=O) groups excluding carboxylic acids is 1. The zero-order valence-electron chi connectivity index (χ0n) is 20.7. The van der Waals surface area contributed by atoms with Gasteiger partial charge in [0.15, 0.2) is 12.3 Å². The van der Waals surface area contributed by atoms with Gasteiger partial charge in [-0.25, -0.2) is 0 Å². The normalized spacial score (nSPS) is 15.5. The van der Waals surface area contributed by atoms with Crippen molar-refractivity contribution >= 4 is 54.4 Å². The molecule has 2 aromatic rings. The SMILES string of the molecule is CN(C)c1ccc(/C=C/C2=[N+](CCCOC(=O)C(CS)CCS)c3ccccc3C2(C)C)cc1. The molecule has 0 bridgehead atoms. The first-order chi connectivity index (χ1) is 16.3. The van der Waals surface area contributed by atoms with Crippen LogP contribution in [0, 0.1) is 5.92 Å². The maximum atomic E-state index is 12.3. The molecule has 0 spiro atoms. The quantitative estimate of drug-likeness (QED) is 0.182. The number of hydrogen-bond acceptors (Lipinski definition) is 5. The van der Waals surface area contributed by atoms with Gasteiger partial charge in [-0.3, -0.25) is 4.79 Å². The van der Waals surface area contributed by atoms with Crippen LogP contribution in [0.25, 0.3) is 6.08 Å². The zero-order valence-corrected chi connectivity index (χ0v) is 22.5. The maximum Gasteiger partial charge on any atom is 0.309 e. The summed E-state index contributed by atoms with van der Waals surface area (Å²) in [5, 5.41) is 0. The third kappa shape index (κ3) is 6.08. The number of nitrogens with zero attached hydrogens (tertiary/aromatic N) is 2. The standard InChI is InChI=1S/C28H36N2O2S2/c1-28(2)24-8-5-6-9-25(24)30(17-7-18-32-27(31)22(20-34)16-19-33)26(28)15-12-21-10-13-23(14-11-21)29(3)4/h5-6,8-15,22H,7,16-20H2,1-4H3,(H-,33,34)/p+1. The third-order valence-corrected chi connectivity index (χ3v) is 7.14. The molecule has 0 saturated carbocycles. The summed E-state index contributed by atoms with van der Waals surface area (Å²) in [5.74, 6) is 0.793. The van der Waals surface area contributed by atoms with Crippen LogP contribution in [0.1, 0.15) is 37.8 Å². The predicted octanol–water partition coefficient (Wildman–Crippen LogP) is 5.64. The summed E-state index contributed by atoms with van der Waals surface area (Å²) in [5.41, 5.74) is 6.03. The molecule has 4 nitrogen and oxygen atoms in total. The molecule has 1 aliphatic heterocycles. The molecule has 34 heavy (non-hydrogen) atoms. The van der Waals surface area contributed by atoms with Gasteiger partial charge >= 0.3 is 5.97 Å². The van der Waals surface area contributed by atoms with Gasteiger partial charge in [-0.1, -0.05) is 30.3 Å². The highest BCUT2D eigenvalue weighted by molar-refractivity contribution is 7.80. The summed E-state index contributed by atoms with van der Waals surface area (Å²) >= 11 is 8.51. The van der Waals surface area contributed by atoms with Gasteiger partial charge in [0.05, 0.1) is 17.9 Å². The molecule has 0 saturated heterocycles. The Morgan fingerprint density at radius 2 is 1.79 bits per heavy atom. The predicted molar refractivity (Wildman–Crippen MR) is 150 cm³/mol. The first-order valence-electron chi connectivity index (χ1n) is 11.9. The Morgan fingerprint density at radius 1 is 1.09 bits per heavy atom. The van der Waals surface area contributed by atoms with E-state index in [2.05, 4.69) is 109 Å². The summed E-state index contributed by atoms with van der Waals surface area (Å²) < 4.78 is 7.94. The van der Waals surface area contributed by atoms with E-state index in [1.165, 1.54) is 28.2 Å². The summed E-state index contributed by atoms with van der Waals surface area (Å²) in [7, 11) is 4.10. The molecule has 6 heteroatoms. The molecule has 2 aromatic carbocycles. The van der Waals surface area contributed by atoms with E-state index in [9.17, 15) is 4.79 Å². The van der Waals surface area contributed by atoms with Crippen molar-refractivity contribution in [1.82, 2.24) is 0 Å². The molecule has 0 amide bonds. The van der Waals surface area contributed by atoms with Crippen LogP contribution in [0.5, 0.6) is 0 Å². The number of para-hydroxylation sites is 1. The summed E-state index contributed by atoms with van der Waals surface area (Å²) in [6.45, 7) is 5.73. The Hall–Kier alpha value is -2.18. The van der Waals surface area contributed by atoms with Gasteiger partial charge in [0.25, 0.3) is 0 Å². The average Bonchev–Trinajstić information content (AvgIpc) is 3.05. The number of benzene rings is 2. The van der Waals surface area contributed by atoms with Crippen LogP contribution in [-0.4, -0.2) is 55.0 Å². The second kappa shape index (κ2) is 12.0. The minimum absolute atomic E-state index is 0.114. The van der Waals surface area contributed by atoms with E-state index in [0.29, 0.717) is 24.5 Å². The monoisotopic (exact) mass is 497 g/mol. The number of fused-ring (bicyclic) bond motifs is 1. The molecule has 1 aliphatic rings. The number of anilines is 1. The number of ether oxygens (including phenoxy) is 1. The molecule has 0 N–H and O–H groups in total. The molecule has 1 unspecified atom stereocenters. The highest BCUT2D eigenvalue weighted by Crippen LogP contribution is 2.40. The molecule has 0 aromatic heterocycles. The lowest BCUT2D eigenvalue weighted by atomic mass is 9.81. The van der Waals surface area contributed by atoms with Crippen molar-refractivity contribution in [2.75, 3.05) is 43.7 Å². The van der Waals surface area contributed by atoms with E-state index in [4.69, 9.17) is 4.74 Å². The van der Waals surface area contributed by atoms with Crippen LogP contribution in [0.2, 0.25) is 0 Å². The van der Waals surface area contributed by atoms with Crippen molar-refractivity contribution in [3.8, 4) is 0 Å². The van der Waals surface area contributed by atoms with Gasteiger partial charge in [0, 0.05) is 49.7 Å². The topological polar surface area (TPSA) is 32.5 Å². The van der Waals surface area contributed by atoms with Crippen molar-refractivity contribution in [1.29, 1.82) is 0 Å². The Kier molecular flexibility index (Phi) is 9.31. The van der Waals surface area contributed by atoms with Crippen molar-refractivity contribution in [3.05, 3.63) is 65.7 Å². The highest BCUT2D eigenvalue weighted by Gasteiger charge is 2.43. The zero-order chi connectivity index (χ0) is 24.7. The van der Waals surface area contributed by atoms with Gasteiger partial charge in [-0.2, -0.15) is 29.8 Å². The van der Waals surface area contributed by atoms with Crippen molar-refractivity contribution in [2.45, 2.75) is 32.1 Å². The van der Waals surface area contributed by atoms with Crippen LogP contribution in [0.3, 0.4) is 0 Å². The molecule has 1 atom stereocenters. The lowest BCUT2D eigenvalue weighted by molar-refractivity contribution is -0.438. The van der Waals surface area contributed by atoms with Crippen LogP contribution >= 0.6 is 25.3 Å². The Bertz CT molecular complexity index is 1040. The van der Waals surface area contributed by atoms with E-state index >= 15 is 0 Å². The summed E-state index contributed by atoms with van der Waals surface area (Å²) in [6.07, 6.45) is 5.87. The van der Waals surface area contributed by atoms with Gasteiger partial charge in [-0.05, 0) is 49.8 Å². The van der Waals surface area contributed by atoms with Crippen LogP contribution in [0.4, 0.5) is 11.4 Å². The minimum Gasteiger partial charge on any atom is -0.465 e. The fourth-order valence-corrected chi connectivity index (χ4v) is 5.04. The minimum atomic E-state index is -0.184. The molecule has 1 heterocycles. The lowest BCUT2D eigenvalue weighted by Gasteiger charge is -2.15. The van der Waals surface area contributed by atoms with Gasteiger partial charge in [0.2, 0.25) is 5.69 Å². The highest BCUT2D eigenvalue weighted by atomic mass is 32.1. The second-order valence-corrected chi connectivity index (χ2v) is 10.2. The first kappa shape index (κ1) is 26.4. The Balaban J connectivity index is 1.78. The molecule has 3 rings (SSSR count). The Labute approximate surface area is 215 Å². The number of hydrogen-bond donors (Lipinski definition) is 2. The number of thiol groups is 2. The van der Waals surface area contributed by atoms with Crippen molar-refractivity contribution in [2.24, 2.45) is 5.92 Å². The largest absolute Gasteiger partial charge is 0.465 e. The molecule has 0 radical (unpaired) electrons. The van der Waals surface area contributed by atoms with Gasteiger partial charge < -0.3 is 9.64 Å². The fourth-order valence-electron chi connectivity index (χ4n) is 4.39. The molecular weight excluding hydrogens is 460 g/mol. The van der Waals surface area contributed by atoms with E-state index in [1.54, 1.807) is 0 Å². The fraction of sp³-hybridized carbons (Fsp3) is 0.429. The van der Waals surface area contributed by atoms with Gasteiger partial charge in [-0.15, -0.1) is 0 Å². The summed E-state index contributed by atoms with van der Waals surface area (Å²) in [6, 6.07) is 17.1. The number of rotatable bonds is 11. The van der Waals surface area contributed by atoms with Crippen LogP contribution in [0.15, 0.2) is 54.6 Å². The summed E-state index contributed by atoms with van der Waals surface area (Å²) in [4.78, 5) is 14.4. The van der Waals surface area contributed by atoms with Gasteiger partial charge in [0.1, 0.15) is 0 Å². The van der Waals surface area contributed by atoms with E-state index in [0.717, 1.165) is 13.0 Å². The molecule has 182 valence electrons. The lowest BCUT2D eigenvalue weighted by Crippen LogP contribution is -2.28. The van der Waals surface area contributed by atoms with E-state index < -0.39 is 0 Å². The third-order valence-electron chi connectivity index (χ3n) is 6.44. The maximum absolute atomic E-state index is 12.3. The number of allylic oxidation sites excluding steroid dienone is 1. The van der Waals surface area contributed by atoms with E-state index in [1.807, 2.05) is 14.1 Å². The molecular formula is C28H37N2O2S2+. The van der Waals surface area contributed by atoms with Crippen LogP contribution in [-0.2, 0) is 14.9 Å². The number of carbonyl (C=O) groups is 1. The molecule has 0 fully saturated rings. The van der Waals surface area contributed by atoms with Crippen molar-refractivity contribution < 1.29 is 14.1 Å². The molecule has 0 aliphatic carbocycles. The first-order valence-corrected chi connectivity index (χ1v) is 13.1. The van der Waals surface area contributed by atoms with Crippen LogP contribution < -0.4 is 4.90 Å². The number of esters is 1. The smallest absolute Gasteiger partial charge is 0.309 e. The second-order valence-electron chi connectivity index (χ2n) is 9.41. The van der Waals surface area contributed by atoms with E-state index in [-0.39, 0.29) is 17.3 Å².